The number of nitrogens with zero attached hydrogens (tertiary/aromatic N) is 1. The number of rotatable bonds is 11. The molecule has 47 heavy (non-hydrogen) atoms. The molecule has 3 aromatic carbocycles. The minimum atomic E-state index is -4.55. The van der Waals surface area contributed by atoms with Crippen molar-refractivity contribution < 1.29 is 32.7 Å². The molecule has 0 bridgehead atoms. The molecule has 252 valence electrons. The number of aryl methyl sites for hydroxylation is 1. The standard InChI is InChI=1S/C35H42F3N5O4/c1-22(44)19-41-34(2,3)18-31(45)42-29-15-13-25-17-27(35(36,37)38)14-16-30(25)43(32(29)46)21-23-9-11-24(12-10-23)28-8-6-5-7-26(28)20-40-33(47)39-4/h5-12,14,16-17,22,29,41,44H,13,15,18-21H2,1-4H3,(H,42,45)(H2,39,40,47)/t22-,29-/m1/s1. The molecule has 4 amide bonds. The first-order valence-corrected chi connectivity index (χ1v) is 15.5. The zero-order chi connectivity index (χ0) is 34.4. The zero-order valence-electron chi connectivity index (χ0n) is 27.0. The molecule has 1 aliphatic rings. The van der Waals surface area contributed by atoms with E-state index in [1.165, 1.54) is 11.0 Å². The van der Waals surface area contributed by atoms with Crippen LogP contribution in [0, 0.1) is 0 Å². The number of fused-ring (bicyclic) bond motifs is 1. The molecule has 0 saturated carbocycles. The Morgan fingerprint density at radius 1 is 1.04 bits per heavy atom. The van der Waals surface area contributed by atoms with E-state index >= 15 is 0 Å². The van der Waals surface area contributed by atoms with Gasteiger partial charge in [-0.2, -0.15) is 13.2 Å². The van der Waals surface area contributed by atoms with Crippen molar-refractivity contribution in [2.24, 2.45) is 0 Å². The second-order valence-electron chi connectivity index (χ2n) is 12.5. The molecular weight excluding hydrogens is 611 g/mol. The van der Waals surface area contributed by atoms with Gasteiger partial charge in [0, 0.05) is 37.8 Å². The van der Waals surface area contributed by atoms with Crippen molar-refractivity contribution in [1.82, 2.24) is 21.3 Å². The number of benzene rings is 3. The maximum absolute atomic E-state index is 14.0. The van der Waals surface area contributed by atoms with Crippen LogP contribution in [0.2, 0.25) is 0 Å². The SMILES string of the molecule is CNC(=O)NCc1ccccc1-c1ccc(CN2C(=O)[C@H](NC(=O)CC(C)(C)NC[C@@H](C)O)CCc3cc(C(F)(F)F)ccc32)cc1. The Hall–Kier alpha value is -4.42. The monoisotopic (exact) mass is 653 g/mol. The van der Waals surface area contributed by atoms with Crippen LogP contribution in [0.4, 0.5) is 23.7 Å². The summed E-state index contributed by atoms with van der Waals surface area (Å²) in [6, 6.07) is 17.3. The van der Waals surface area contributed by atoms with Crippen molar-refractivity contribution in [1.29, 1.82) is 0 Å². The van der Waals surface area contributed by atoms with Crippen LogP contribution in [0.15, 0.2) is 66.7 Å². The Labute approximate surface area is 272 Å². The maximum Gasteiger partial charge on any atom is 0.416 e. The van der Waals surface area contributed by atoms with Gasteiger partial charge in [-0.3, -0.25) is 9.59 Å². The quantitative estimate of drug-likeness (QED) is 0.202. The number of amides is 4. The number of anilines is 1. The summed E-state index contributed by atoms with van der Waals surface area (Å²) in [5.41, 5.74) is 2.72. The number of β-amino-alcohol motifs (C(OH)–C–C–N with tert-alkyl or cyclic N) is 1. The average Bonchev–Trinajstić information content (AvgIpc) is 3.14. The van der Waals surface area contributed by atoms with E-state index in [4.69, 9.17) is 0 Å². The molecule has 5 N–H and O–H groups in total. The summed E-state index contributed by atoms with van der Waals surface area (Å²) in [5, 5.41) is 20.9. The second-order valence-corrected chi connectivity index (χ2v) is 12.5. The number of urea groups is 1. The molecule has 0 aromatic heterocycles. The molecule has 9 nitrogen and oxygen atoms in total. The molecule has 0 saturated heterocycles. The maximum atomic E-state index is 14.0. The van der Waals surface area contributed by atoms with E-state index in [0.717, 1.165) is 34.4 Å². The Bertz CT molecular complexity index is 1570. The Morgan fingerprint density at radius 2 is 1.74 bits per heavy atom. The number of aliphatic hydroxyl groups excluding tert-OH is 1. The van der Waals surface area contributed by atoms with Gasteiger partial charge in [0.2, 0.25) is 11.8 Å². The van der Waals surface area contributed by atoms with Gasteiger partial charge in [-0.05, 0) is 79.6 Å². The lowest BCUT2D eigenvalue weighted by atomic mass is 9.98. The molecule has 0 aliphatic carbocycles. The van der Waals surface area contributed by atoms with Crippen molar-refractivity contribution in [2.45, 2.75) is 77.0 Å². The predicted octanol–water partition coefficient (Wildman–Crippen LogP) is 4.90. The number of halogens is 3. The van der Waals surface area contributed by atoms with Crippen LogP contribution >= 0.6 is 0 Å². The minimum absolute atomic E-state index is 0.0241. The van der Waals surface area contributed by atoms with E-state index < -0.39 is 35.3 Å². The summed E-state index contributed by atoms with van der Waals surface area (Å²) in [4.78, 5) is 40.3. The molecule has 0 spiro atoms. The summed E-state index contributed by atoms with van der Waals surface area (Å²) in [6.07, 6.45) is -4.83. The molecule has 1 aliphatic heterocycles. The van der Waals surface area contributed by atoms with Crippen LogP contribution < -0.4 is 26.2 Å². The average molecular weight is 654 g/mol. The summed E-state index contributed by atoms with van der Waals surface area (Å²) in [5.74, 6) is -0.802. The van der Waals surface area contributed by atoms with Gasteiger partial charge in [0.15, 0.2) is 0 Å². The van der Waals surface area contributed by atoms with E-state index in [0.29, 0.717) is 17.8 Å². The number of carbonyl (C=O) groups excluding carboxylic acids is 3. The third-order valence-corrected chi connectivity index (χ3v) is 8.07. The molecule has 3 aromatic rings. The lowest BCUT2D eigenvalue weighted by molar-refractivity contribution is -0.137. The Kier molecular flexibility index (Phi) is 11.3. The van der Waals surface area contributed by atoms with E-state index in [2.05, 4.69) is 21.3 Å². The third-order valence-electron chi connectivity index (χ3n) is 8.07. The fourth-order valence-electron chi connectivity index (χ4n) is 5.58. The van der Waals surface area contributed by atoms with E-state index in [1.54, 1.807) is 14.0 Å². The molecule has 0 unspecified atom stereocenters. The van der Waals surface area contributed by atoms with E-state index in [-0.39, 0.29) is 44.3 Å². The number of hydrogen-bond donors (Lipinski definition) is 5. The van der Waals surface area contributed by atoms with Gasteiger partial charge in [0.25, 0.3) is 0 Å². The second kappa shape index (κ2) is 15.0. The van der Waals surface area contributed by atoms with Crippen LogP contribution in [0.3, 0.4) is 0 Å². The molecule has 2 atom stereocenters. The minimum Gasteiger partial charge on any atom is -0.392 e. The van der Waals surface area contributed by atoms with Gasteiger partial charge < -0.3 is 31.3 Å². The van der Waals surface area contributed by atoms with Crippen molar-refractivity contribution in [2.75, 3.05) is 18.5 Å². The third kappa shape index (κ3) is 9.55. The Balaban J connectivity index is 1.59. The highest BCUT2D eigenvalue weighted by Gasteiger charge is 2.36. The summed E-state index contributed by atoms with van der Waals surface area (Å²) < 4.78 is 40.9. The number of carbonyl (C=O) groups is 3. The largest absolute Gasteiger partial charge is 0.416 e. The smallest absolute Gasteiger partial charge is 0.392 e. The van der Waals surface area contributed by atoms with Gasteiger partial charge in [0.05, 0.1) is 18.2 Å². The topological polar surface area (TPSA) is 123 Å². The highest BCUT2D eigenvalue weighted by molar-refractivity contribution is 6.00. The van der Waals surface area contributed by atoms with Crippen LogP contribution in [0.25, 0.3) is 11.1 Å². The lowest BCUT2D eigenvalue weighted by Gasteiger charge is -2.29. The Morgan fingerprint density at radius 3 is 2.40 bits per heavy atom. The summed E-state index contributed by atoms with van der Waals surface area (Å²) in [6.45, 7) is 5.92. The molecule has 0 radical (unpaired) electrons. The first-order valence-electron chi connectivity index (χ1n) is 15.5. The summed E-state index contributed by atoms with van der Waals surface area (Å²) in [7, 11) is 1.54. The van der Waals surface area contributed by atoms with Crippen LogP contribution in [-0.4, -0.2) is 54.2 Å². The van der Waals surface area contributed by atoms with Gasteiger partial charge in [-0.15, -0.1) is 0 Å². The number of aliphatic hydroxyl groups is 1. The van der Waals surface area contributed by atoms with Gasteiger partial charge in [0.1, 0.15) is 6.04 Å². The van der Waals surface area contributed by atoms with E-state index in [9.17, 15) is 32.7 Å². The lowest BCUT2D eigenvalue weighted by Crippen LogP contribution is -2.51. The fourth-order valence-corrected chi connectivity index (χ4v) is 5.58. The van der Waals surface area contributed by atoms with Gasteiger partial charge in [-0.25, -0.2) is 4.79 Å². The fraction of sp³-hybridized carbons (Fsp3) is 0.400. The van der Waals surface area contributed by atoms with Crippen LogP contribution in [0.1, 0.15) is 55.9 Å². The van der Waals surface area contributed by atoms with Crippen LogP contribution in [-0.2, 0) is 35.3 Å². The van der Waals surface area contributed by atoms with Crippen molar-refractivity contribution in [3.8, 4) is 11.1 Å². The first kappa shape index (κ1) is 35.4. The molecule has 1 heterocycles. The van der Waals surface area contributed by atoms with Crippen molar-refractivity contribution in [3.05, 3.63) is 89.0 Å². The number of hydrogen-bond acceptors (Lipinski definition) is 5. The normalized spacial score (nSPS) is 15.8. The van der Waals surface area contributed by atoms with E-state index in [1.807, 2.05) is 62.4 Å². The molecular formula is C35H42F3N5O4. The number of alkyl halides is 3. The van der Waals surface area contributed by atoms with Gasteiger partial charge in [-0.1, -0.05) is 48.5 Å². The van der Waals surface area contributed by atoms with Crippen molar-refractivity contribution >= 4 is 23.5 Å². The molecule has 0 fully saturated rings. The van der Waals surface area contributed by atoms with Crippen molar-refractivity contribution in [3.63, 3.8) is 0 Å². The summed E-state index contributed by atoms with van der Waals surface area (Å²) >= 11 is 0. The van der Waals surface area contributed by atoms with Gasteiger partial charge >= 0.3 is 12.2 Å². The first-order chi connectivity index (χ1) is 22.2. The molecule has 4 rings (SSSR count). The highest BCUT2D eigenvalue weighted by Crippen LogP contribution is 2.36. The molecule has 12 heteroatoms. The predicted molar refractivity (Wildman–Crippen MR) is 174 cm³/mol. The highest BCUT2D eigenvalue weighted by atomic mass is 19.4. The zero-order valence-corrected chi connectivity index (χ0v) is 27.0. The number of nitrogens with one attached hydrogen (secondary N) is 4. The van der Waals surface area contributed by atoms with Crippen LogP contribution in [0.5, 0.6) is 0 Å².